The maximum Gasteiger partial charge on any atom is 0.0300 e. The van der Waals surface area contributed by atoms with Crippen LogP contribution in [-0.2, 0) is 6.42 Å². The zero-order chi connectivity index (χ0) is 11.7. The molecule has 0 bridgehead atoms. The number of hydrogen-bond acceptors (Lipinski definition) is 3. The van der Waals surface area contributed by atoms with Gasteiger partial charge in [-0.1, -0.05) is 18.9 Å². The molecule has 1 aromatic heterocycles. The Morgan fingerprint density at radius 3 is 2.71 bits per heavy atom. The molecule has 0 spiro atoms. The Hall–Kier alpha value is -0.930. The van der Waals surface area contributed by atoms with E-state index in [0.29, 0.717) is 6.04 Å². The molecular weight excluding hydrogens is 210 g/mol. The maximum absolute atomic E-state index is 5.75. The van der Waals surface area contributed by atoms with Gasteiger partial charge in [-0.3, -0.25) is 16.3 Å². The fraction of sp³-hybridized carbons (Fsp3) is 0.643. The molecule has 0 amide bonds. The van der Waals surface area contributed by atoms with Crippen molar-refractivity contribution < 1.29 is 0 Å². The molecule has 92 valence electrons. The van der Waals surface area contributed by atoms with E-state index in [1.807, 2.05) is 18.5 Å². The Morgan fingerprint density at radius 2 is 2.12 bits per heavy atom. The first-order chi connectivity index (χ1) is 8.40. The highest BCUT2D eigenvalue weighted by Crippen LogP contribution is 2.57. The van der Waals surface area contributed by atoms with Crippen LogP contribution in [-0.4, -0.2) is 11.0 Å². The van der Waals surface area contributed by atoms with Crippen LogP contribution in [0.2, 0.25) is 0 Å². The zero-order valence-electron chi connectivity index (χ0n) is 10.2. The molecule has 0 aromatic carbocycles. The van der Waals surface area contributed by atoms with Crippen LogP contribution in [0.3, 0.4) is 0 Å². The Morgan fingerprint density at radius 1 is 1.35 bits per heavy atom. The van der Waals surface area contributed by atoms with Crippen LogP contribution >= 0.6 is 0 Å². The molecule has 1 aromatic rings. The molecule has 3 atom stereocenters. The fourth-order valence-corrected chi connectivity index (χ4v) is 3.72. The van der Waals surface area contributed by atoms with Crippen LogP contribution in [0, 0.1) is 17.8 Å². The molecule has 17 heavy (non-hydrogen) atoms. The van der Waals surface area contributed by atoms with Crippen LogP contribution < -0.4 is 11.3 Å². The summed E-state index contributed by atoms with van der Waals surface area (Å²) in [5.74, 6) is 8.45. The third-order valence-corrected chi connectivity index (χ3v) is 4.58. The van der Waals surface area contributed by atoms with E-state index in [-0.39, 0.29) is 0 Å². The van der Waals surface area contributed by atoms with Gasteiger partial charge in [0.25, 0.3) is 0 Å². The summed E-state index contributed by atoms with van der Waals surface area (Å²) in [5, 5.41) is 0. The lowest BCUT2D eigenvalue weighted by Gasteiger charge is -2.16. The second kappa shape index (κ2) is 4.75. The van der Waals surface area contributed by atoms with Gasteiger partial charge in [0.05, 0.1) is 0 Å². The van der Waals surface area contributed by atoms with Gasteiger partial charge in [-0.15, -0.1) is 0 Å². The minimum absolute atomic E-state index is 0.437. The lowest BCUT2D eigenvalue weighted by atomic mass is 10.0. The minimum atomic E-state index is 0.437. The summed E-state index contributed by atoms with van der Waals surface area (Å²) in [6, 6.07) is 4.58. The van der Waals surface area contributed by atoms with Crippen molar-refractivity contribution in [3.63, 3.8) is 0 Å². The van der Waals surface area contributed by atoms with E-state index in [4.69, 9.17) is 5.84 Å². The summed E-state index contributed by atoms with van der Waals surface area (Å²) < 4.78 is 0. The first-order valence-electron chi connectivity index (χ1n) is 6.75. The summed E-state index contributed by atoms with van der Waals surface area (Å²) in [4.78, 5) is 4.17. The standard InChI is InChI=1S/C14H21N3/c15-17-13(8-10-4-3-7-16-9-10)14-11-5-1-2-6-12(11)14/h3-4,7,9,11-14,17H,1-2,5-6,8,15H2. The summed E-state index contributed by atoms with van der Waals surface area (Å²) in [7, 11) is 0. The molecule has 0 saturated heterocycles. The molecule has 2 saturated carbocycles. The van der Waals surface area contributed by atoms with Gasteiger partial charge >= 0.3 is 0 Å². The van der Waals surface area contributed by atoms with Crippen molar-refractivity contribution >= 4 is 0 Å². The summed E-state index contributed by atoms with van der Waals surface area (Å²) in [5.41, 5.74) is 4.33. The van der Waals surface area contributed by atoms with Crippen molar-refractivity contribution in [3.8, 4) is 0 Å². The average molecular weight is 231 g/mol. The fourth-order valence-electron chi connectivity index (χ4n) is 3.72. The van der Waals surface area contributed by atoms with Crippen LogP contribution in [0.4, 0.5) is 0 Å². The predicted molar refractivity (Wildman–Crippen MR) is 68.0 cm³/mol. The van der Waals surface area contributed by atoms with Gasteiger partial charge < -0.3 is 0 Å². The summed E-state index contributed by atoms with van der Waals surface area (Å²) in [6.07, 6.45) is 10.5. The van der Waals surface area contributed by atoms with E-state index < -0.39 is 0 Å². The number of rotatable bonds is 4. The van der Waals surface area contributed by atoms with Crippen LogP contribution in [0.25, 0.3) is 0 Å². The molecule has 0 aliphatic heterocycles. The van der Waals surface area contributed by atoms with Crippen LogP contribution in [0.1, 0.15) is 31.2 Å². The monoisotopic (exact) mass is 231 g/mol. The molecule has 3 unspecified atom stereocenters. The Bertz CT molecular complexity index is 353. The minimum Gasteiger partial charge on any atom is -0.271 e. The molecule has 2 aliphatic carbocycles. The van der Waals surface area contributed by atoms with Crippen LogP contribution in [0.5, 0.6) is 0 Å². The molecular formula is C14H21N3. The largest absolute Gasteiger partial charge is 0.271 e. The van der Waals surface area contributed by atoms with E-state index in [9.17, 15) is 0 Å². The molecule has 3 nitrogen and oxygen atoms in total. The van der Waals surface area contributed by atoms with Crippen molar-refractivity contribution in [3.05, 3.63) is 30.1 Å². The van der Waals surface area contributed by atoms with Crippen molar-refractivity contribution in [2.45, 2.75) is 38.1 Å². The second-order valence-corrected chi connectivity index (χ2v) is 5.53. The van der Waals surface area contributed by atoms with Crippen LogP contribution in [0.15, 0.2) is 24.5 Å². The van der Waals surface area contributed by atoms with Crippen molar-refractivity contribution in [1.82, 2.24) is 10.4 Å². The molecule has 3 heteroatoms. The van der Waals surface area contributed by atoms with Gasteiger partial charge in [0, 0.05) is 18.4 Å². The number of fused-ring (bicyclic) bond motifs is 1. The van der Waals surface area contributed by atoms with Gasteiger partial charge in [0.2, 0.25) is 0 Å². The number of aromatic nitrogens is 1. The SMILES string of the molecule is NNC(Cc1cccnc1)C1C2CCCCC21. The number of nitrogens with zero attached hydrogens (tertiary/aromatic N) is 1. The lowest BCUT2D eigenvalue weighted by molar-refractivity contribution is 0.436. The zero-order valence-corrected chi connectivity index (χ0v) is 10.2. The van der Waals surface area contributed by atoms with Gasteiger partial charge in [-0.25, -0.2) is 0 Å². The van der Waals surface area contributed by atoms with Crippen molar-refractivity contribution in [1.29, 1.82) is 0 Å². The van der Waals surface area contributed by atoms with E-state index in [1.165, 1.54) is 31.2 Å². The Labute approximate surface area is 103 Å². The molecule has 0 radical (unpaired) electrons. The molecule has 2 aliphatic rings. The highest BCUT2D eigenvalue weighted by Gasteiger charge is 2.53. The van der Waals surface area contributed by atoms with E-state index in [0.717, 1.165) is 24.2 Å². The smallest absolute Gasteiger partial charge is 0.0300 e. The number of hydrazine groups is 1. The number of pyridine rings is 1. The second-order valence-electron chi connectivity index (χ2n) is 5.53. The third-order valence-electron chi connectivity index (χ3n) is 4.58. The van der Waals surface area contributed by atoms with Gasteiger partial charge in [0.15, 0.2) is 0 Å². The lowest BCUT2D eigenvalue weighted by Crippen LogP contribution is -2.39. The third kappa shape index (κ3) is 2.22. The number of hydrogen-bond donors (Lipinski definition) is 2. The van der Waals surface area contributed by atoms with Gasteiger partial charge in [0.1, 0.15) is 0 Å². The number of nitrogens with two attached hydrogens (primary N) is 1. The van der Waals surface area contributed by atoms with E-state index in [2.05, 4.69) is 16.5 Å². The molecule has 2 fully saturated rings. The average Bonchev–Trinajstić information content (AvgIpc) is 3.11. The quantitative estimate of drug-likeness (QED) is 0.614. The Balaban J connectivity index is 1.64. The van der Waals surface area contributed by atoms with Crippen molar-refractivity contribution in [2.24, 2.45) is 23.6 Å². The highest BCUT2D eigenvalue weighted by molar-refractivity contribution is 5.14. The summed E-state index contributed by atoms with van der Waals surface area (Å²) in [6.45, 7) is 0. The van der Waals surface area contributed by atoms with E-state index >= 15 is 0 Å². The van der Waals surface area contributed by atoms with Gasteiger partial charge in [-0.2, -0.15) is 0 Å². The number of nitrogens with one attached hydrogen (secondary N) is 1. The van der Waals surface area contributed by atoms with E-state index in [1.54, 1.807) is 0 Å². The first-order valence-corrected chi connectivity index (χ1v) is 6.75. The highest BCUT2D eigenvalue weighted by atomic mass is 15.2. The molecule has 1 heterocycles. The molecule has 3 rings (SSSR count). The summed E-state index contributed by atoms with van der Waals surface area (Å²) >= 11 is 0. The topological polar surface area (TPSA) is 50.9 Å². The van der Waals surface area contributed by atoms with Gasteiger partial charge in [-0.05, 0) is 48.6 Å². The first kappa shape index (κ1) is 11.2. The Kier molecular flexibility index (Phi) is 3.12. The predicted octanol–water partition coefficient (Wildman–Crippen LogP) is 1.89. The normalized spacial score (nSPS) is 32.9. The molecule has 3 N–H and O–H groups in total. The van der Waals surface area contributed by atoms with Crippen molar-refractivity contribution in [2.75, 3.05) is 0 Å². The maximum atomic E-state index is 5.75.